The lowest BCUT2D eigenvalue weighted by Gasteiger charge is -2.24. The van der Waals surface area contributed by atoms with Crippen molar-refractivity contribution in [3.63, 3.8) is 0 Å². The lowest BCUT2D eigenvalue weighted by Crippen LogP contribution is -2.19. The number of ether oxygens (including phenoxy) is 4. The van der Waals surface area contributed by atoms with Gasteiger partial charge in [-0.3, -0.25) is 0 Å². The first-order valence-electron chi connectivity index (χ1n) is 8.22. The third kappa shape index (κ3) is 5.50. The van der Waals surface area contributed by atoms with Crippen molar-refractivity contribution in [1.29, 1.82) is 0 Å². The second kappa shape index (κ2) is 9.70. The molecule has 22 heavy (non-hydrogen) atoms. The van der Waals surface area contributed by atoms with Crippen molar-refractivity contribution >= 4 is 0 Å². The highest BCUT2D eigenvalue weighted by atomic mass is 16.7. The van der Waals surface area contributed by atoms with Crippen molar-refractivity contribution in [3.05, 3.63) is 23.8 Å². The van der Waals surface area contributed by atoms with Crippen molar-refractivity contribution in [2.45, 2.75) is 66.5 Å². The predicted octanol–water partition coefficient (Wildman–Crippen LogP) is 4.72. The molecule has 0 spiro atoms. The molecule has 4 nitrogen and oxygen atoms in total. The van der Waals surface area contributed by atoms with E-state index in [1.165, 1.54) is 0 Å². The lowest BCUT2D eigenvalue weighted by molar-refractivity contribution is -0.0661. The van der Waals surface area contributed by atoms with Crippen LogP contribution in [0.5, 0.6) is 11.5 Å². The highest BCUT2D eigenvalue weighted by Crippen LogP contribution is 2.37. The van der Waals surface area contributed by atoms with Gasteiger partial charge >= 0.3 is 0 Å². The normalized spacial score (nSPS) is 15.2. The second-order valence-electron chi connectivity index (χ2n) is 5.26. The fourth-order valence-corrected chi connectivity index (χ4v) is 2.31. The summed E-state index contributed by atoms with van der Waals surface area (Å²) in [6.45, 7) is 13.3. The molecule has 0 amide bonds. The highest BCUT2D eigenvalue weighted by Gasteiger charge is 2.19. The largest absolute Gasteiger partial charge is 0.465 e. The molecule has 0 aliphatic carbocycles. The monoisotopic (exact) mass is 310 g/mol. The van der Waals surface area contributed by atoms with Crippen LogP contribution in [0.3, 0.4) is 0 Å². The Kier molecular flexibility index (Phi) is 8.28. The Labute approximate surface area is 134 Å². The maximum Gasteiger partial charge on any atom is 0.196 e. The Morgan fingerprint density at radius 2 is 1.27 bits per heavy atom. The molecule has 0 saturated carbocycles. The summed E-state index contributed by atoms with van der Waals surface area (Å²) >= 11 is 0. The summed E-state index contributed by atoms with van der Waals surface area (Å²) in [6, 6.07) is 5.87. The molecule has 1 aromatic carbocycles. The van der Waals surface area contributed by atoms with E-state index in [9.17, 15) is 0 Å². The molecule has 0 saturated heterocycles. The topological polar surface area (TPSA) is 36.9 Å². The van der Waals surface area contributed by atoms with Crippen LogP contribution in [0.4, 0.5) is 0 Å². The molecule has 0 N–H and O–H groups in total. The molecular weight excluding hydrogens is 280 g/mol. The average molecular weight is 310 g/mol. The van der Waals surface area contributed by atoms with Gasteiger partial charge in [0.1, 0.15) is 11.5 Å². The van der Waals surface area contributed by atoms with Gasteiger partial charge in [0.15, 0.2) is 12.6 Å². The maximum absolute atomic E-state index is 5.95. The number of benzene rings is 1. The van der Waals surface area contributed by atoms with E-state index >= 15 is 0 Å². The Balaban J connectivity index is 3.05. The van der Waals surface area contributed by atoms with Crippen LogP contribution in [0.25, 0.3) is 0 Å². The second-order valence-corrected chi connectivity index (χ2v) is 5.26. The molecule has 3 atom stereocenters. The average Bonchev–Trinajstić information content (AvgIpc) is 2.47. The quantitative estimate of drug-likeness (QED) is 0.586. The third-order valence-electron chi connectivity index (χ3n) is 3.52. The first-order valence-corrected chi connectivity index (χ1v) is 8.22. The van der Waals surface area contributed by atoms with Crippen molar-refractivity contribution in [1.82, 2.24) is 0 Å². The van der Waals surface area contributed by atoms with E-state index in [1.807, 2.05) is 45.9 Å². The Morgan fingerprint density at radius 1 is 0.818 bits per heavy atom. The van der Waals surface area contributed by atoms with Gasteiger partial charge in [0.25, 0.3) is 0 Å². The molecule has 3 unspecified atom stereocenters. The minimum Gasteiger partial charge on any atom is -0.465 e. The zero-order valence-corrected chi connectivity index (χ0v) is 14.7. The van der Waals surface area contributed by atoms with Crippen LogP contribution in [0.2, 0.25) is 0 Å². The molecule has 0 aliphatic heterocycles. The van der Waals surface area contributed by atoms with Crippen molar-refractivity contribution in [2.24, 2.45) is 0 Å². The fraction of sp³-hybridized carbons (Fsp3) is 0.667. The van der Waals surface area contributed by atoms with E-state index in [0.717, 1.165) is 23.5 Å². The van der Waals surface area contributed by atoms with E-state index in [-0.39, 0.29) is 12.6 Å². The van der Waals surface area contributed by atoms with Crippen LogP contribution in [0, 0.1) is 0 Å². The summed E-state index contributed by atoms with van der Waals surface area (Å²) in [6.07, 6.45) is 0.433. The van der Waals surface area contributed by atoms with E-state index in [1.54, 1.807) is 0 Å². The first-order chi connectivity index (χ1) is 10.5. The molecule has 0 heterocycles. The van der Waals surface area contributed by atoms with Crippen LogP contribution in [-0.4, -0.2) is 25.8 Å². The van der Waals surface area contributed by atoms with Crippen LogP contribution >= 0.6 is 0 Å². The maximum atomic E-state index is 5.95. The van der Waals surface area contributed by atoms with Gasteiger partial charge in [-0.15, -0.1) is 0 Å². The summed E-state index contributed by atoms with van der Waals surface area (Å²) in [4.78, 5) is 0. The zero-order chi connectivity index (χ0) is 16.5. The molecule has 0 bridgehead atoms. The summed E-state index contributed by atoms with van der Waals surface area (Å²) < 4.78 is 22.9. The van der Waals surface area contributed by atoms with Crippen LogP contribution < -0.4 is 9.47 Å². The van der Waals surface area contributed by atoms with Crippen LogP contribution in [-0.2, 0) is 9.47 Å². The van der Waals surface area contributed by atoms with Crippen LogP contribution in [0.1, 0.15) is 59.4 Å². The molecule has 0 aromatic heterocycles. The van der Waals surface area contributed by atoms with Gasteiger partial charge in [-0.25, -0.2) is 0 Å². The lowest BCUT2D eigenvalue weighted by atomic mass is 9.96. The van der Waals surface area contributed by atoms with Crippen LogP contribution in [0.15, 0.2) is 18.2 Å². The molecular formula is C18H30O4. The minimum absolute atomic E-state index is 0.285. The molecule has 1 aromatic rings. The molecule has 126 valence electrons. The standard InChI is InChI=1S/C18H30O4/c1-7-13(4)18-16(21-14(5)19-8-2)11-10-12-17(18)22-15(6)20-9-3/h10-15H,7-9H2,1-6H3. The summed E-state index contributed by atoms with van der Waals surface area (Å²) in [5.74, 6) is 1.96. The molecule has 0 radical (unpaired) electrons. The summed E-state index contributed by atoms with van der Waals surface area (Å²) in [5.41, 5.74) is 1.07. The molecule has 1 rings (SSSR count). The zero-order valence-electron chi connectivity index (χ0n) is 14.7. The van der Waals surface area contributed by atoms with Gasteiger partial charge < -0.3 is 18.9 Å². The van der Waals surface area contributed by atoms with E-state index in [0.29, 0.717) is 19.1 Å². The van der Waals surface area contributed by atoms with Gasteiger partial charge in [0, 0.05) is 18.8 Å². The summed E-state index contributed by atoms with van der Waals surface area (Å²) in [7, 11) is 0. The Morgan fingerprint density at radius 3 is 1.64 bits per heavy atom. The number of hydrogen-bond acceptors (Lipinski definition) is 4. The summed E-state index contributed by atoms with van der Waals surface area (Å²) in [5, 5.41) is 0. The SMILES string of the molecule is CCOC(C)Oc1cccc(OC(C)OCC)c1C(C)CC. The van der Waals surface area contributed by atoms with Gasteiger partial charge in [0.2, 0.25) is 0 Å². The predicted molar refractivity (Wildman–Crippen MR) is 88.6 cm³/mol. The Bertz CT molecular complexity index is 401. The minimum atomic E-state index is -0.285. The smallest absolute Gasteiger partial charge is 0.196 e. The number of rotatable bonds is 10. The van der Waals surface area contributed by atoms with Gasteiger partial charge in [0.05, 0.1) is 0 Å². The molecule has 0 fully saturated rings. The highest BCUT2D eigenvalue weighted by molar-refractivity contribution is 5.47. The molecule has 0 aliphatic rings. The van der Waals surface area contributed by atoms with Crippen molar-refractivity contribution < 1.29 is 18.9 Å². The fourth-order valence-electron chi connectivity index (χ4n) is 2.31. The Hall–Kier alpha value is -1.26. The van der Waals surface area contributed by atoms with E-state index in [4.69, 9.17) is 18.9 Å². The van der Waals surface area contributed by atoms with Gasteiger partial charge in [-0.2, -0.15) is 0 Å². The van der Waals surface area contributed by atoms with Gasteiger partial charge in [-0.1, -0.05) is 19.9 Å². The molecule has 4 heteroatoms. The van der Waals surface area contributed by atoms with Crippen molar-refractivity contribution in [3.8, 4) is 11.5 Å². The van der Waals surface area contributed by atoms with E-state index < -0.39 is 0 Å². The first kappa shape index (κ1) is 18.8. The van der Waals surface area contributed by atoms with Crippen molar-refractivity contribution in [2.75, 3.05) is 13.2 Å². The van der Waals surface area contributed by atoms with E-state index in [2.05, 4.69) is 13.8 Å². The van der Waals surface area contributed by atoms with Gasteiger partial charge in [-0.05, 0) is 52.2 Å². The number of hydrogen-bond donors (Lipinski definition) is 0. The third-order valence-corrected chi connectivity index (χ3v) is 3.52.